The highest BCUT2D eigenvalue weighted by molar-refractivity contribution is 5.08. The second kappa shape index (κ2) is 1.95. The van der Waals surface area contributed by atoms with E-state index in [0.717, 1.165) is 6.54 Å². The summed E-state index contributed by atoms with van der Waals surface area (Å²) in [7, 11) is 0. The number of hydrogen-bond acceptors (Lipinski definition) is 2. The summed E-state index contributed by atoms with van der Waals surface area (Å²) in [5.41, 5.74) is 6.58. The molecule has 58 valence electrons. The number of nitrogens with two attached hydrogens (primary N) is 1. The molecule has 0 bridgehead atoms. The molecular formula is C8H16N2. The van der Waals surface area contributed by atoms with E-state index in [1.54, 1.807) is 0 Å². The van der Waals surface area contributed by atoms with Gasteiger partial charge in [-0.05, 0) is 24.8 Å². The molecule has 0 aromatic rings. The molecule has 0 aromatic carbocycles. The summed E-state index contributed by atoms with van der Waals surface area (Å²) in [5, 5.41) is 0. The van der Waals surface area contributed by atoms with Gasteiger partial charge in [0.25, 0.3) is 0 Å². The van der Waals surface area contributed by atoms with Crippen LogP contribution >= 0.6 is 0 Å². The van der Waals surface area contributed by atoms with Crippen LogP contribution in [0.5, 0.6) is 0 Å². The van der Waals surface area contributed by atoms with Gasteiger partial charge in [0.15, 0.2) is 0 Å². The van der Waals surface area contributed by atoms with Gasteiger partial charge >= 0.3 is 0 Å². The van der Waals surface area contributed by atoms with E-state index < -0.39 is 0 Å². The molecule has 2 N–H and O–H groups in total. The normalized spacial score (nSPS) is 37.2. The zero-order chi connectivity index (χ0) is 7.19. The summed E-state index contributed by atoms with van der Waals surface area (Å²) in [6.45, 7) is 5.80. The Labute approximate surface area is 62.4 Å². The Morgan fingerprint density at radius 3 is 2.60 bits per heavy atom. The molecule has 0 radical (unpaired) electrons. The third-order valence-corrected chi connectivity index (χ3v) is 3.12. The number of rotatable bonds is 1. The van der Waals surface area contributed by atoms with Crippen LogP contribution in [0.4, 0.5) is 0 Å². The van der Waals surface area contributed by atoms with Crippen LogP contribution < -0.4 is 5.73 Å². The third kappa shape index (κ3) is 0.789. The van der Waals surface area contributed by atoms with Gasteiger partial charge < -0.3 is 10.6 Å². The van der Waals surface area contributed by atoms with E-state index in [2.05, 4.69) is 11.8 Å². The Balaban J connectivity index is 2.01. The van der Waals surface area contributed by atoms with Crippen LogP contribution in [0, 0.1) is 5.41 Å². The molecule has 1 atom stereocenters. The lowest BCUT2D eigenvalue weighted by molar-refractivity contribution is 0.337. The SMILES string of the molecule is CCN1C[C@H](N)C2(CC2)C1. The number of hydrogen-bond donors (Lipinski definition) is 1. The molecule has 1 saturated carbocycles. The van der Waals surface area contributed by atoms with Crippen LogP contribution in [0.15, 0.2) is 0 Å². The second-order valence-corrected chi connectivity index (χ2v) is 3.80. The highest BCUT2D eigenvalue weighted by Gasteiger charge is 2.52. The van der Waals surface area contributed by atoms with Crippen molar-refractivity contribution in [3.05, 3.63) is 0 Å². The van der Waals surface area contributed by atoms with Crippen molar-refractivity contribution < 1.29 is 0 Å². The van der Waals surface area contributed by atoms with E-state index in [1.165, 1.54) is 25.9 Å². The molecule has 0 unspecified atom stereocenters. The fraction of sp³-hybridized carbons (Fsp3) is 1.00. The summed E-state index contributed by atoms with van der Waals surface area (Å²) < 4.78 is 0. The molecule has 2 nitrogen and oxygen atoms in total. The molecule has 1 saturated heterocycles. The molecule has 2 aliphatic rings. The van der Waals surface area contributed by atoms with Crippen LogP contribution in [0.1, 0.15) is 19.8 Å². The van der Waals surface area contributed by atoms with Gasteiger partial charge in [-0.1, -0.05) is 6.92 Å². The number of likely N-dealkylation sites (tertiary alicyclic amines) is 1. The average Bonchev–Trinajstić information content (AvgIpc) is 2.60. The van der Waals surface area contributed by atoms with E-state index >= 15 is 0 Å². The summed E-state index contributed by atoms with van der Waals surface area (Å²) >= 11 is 0. The lowest BCUT2D eigenvalue weighted by Gasteiger charge is -2.10. The molecule has 1 aliphatic heterocycles. The Hall–Kier alpha value is -0.0800. The second-order valence-electron chi connectivity index (χ2n) is 3.80. The molecule has 2 fully saturated rings. The van der Waals surface area contributed by atoms with Crippen molar-refractivity contribution >= 4 is 0 Å². The van der Waals surface area contributed by atoms with E-state index in [1.807, 2.05) is 0 Å². The maximum Gasteiger partial charge on any atom is 0.0237 e. The van der Waals surface area contributed by atoms with Crippen molar-refractivity contribution in [2.75, 3.05) is 19.6 Å². The van der Waals surface area contributed by atoms with Crippen LogP contribution in [-0.2, 0) is 0 Å². The standard InChI is InChI=1S/C8H16N2/c1-2-10-5-7(9)8(6-10)3-4-8/h7H,2-6,9H2,1H3/t7-/m0/s1. The van der Waals surface area contributed by atoms with Crippen LogP contribution in [0.3, 0.4) is 0 Å². The van der Waals surface area contributed by atoms with Gasteiger partial charge in [-0.15, -0.1) is 0 Å². The number of likely N-dealkylation sites (N-methyl/N-ethyl adjacent to an activating group) is 1. The quantitative estimate of drug-likeness (QED) is 0.572. The first-order valence-electron chi connectivity index (χ1n) is 4.25. The van der Waals surface area contributed by atoms with Crippen LogP contribution in [-0.4, -0.2) is 30.6 Å². The van der Waals surface area contributed by atoms with Crippen molar-refractivity contribution in [1.29, 1.82) is 0 Å². The average molecular weight is 140 g/mol. The summed E-state index contributed by atoms with van der Waals surface area (Å²) in [4.78, 5) is 2.47. The van der Waals surface area contributed by atoms with E-state index in [9.17, 15) is 0 Å². The first kappa shape index (κ1) is 6.62. The van der Waals surface area contributed by atoms with E-state index in [4.69, 9.17) is 5.73 Å². The van der Waals surface area contributed by atoms with Gasteiger partial charge in [-0.25, -0.2) is 0 Å². The lowest BCUT2D eigenvalue weighted by atomic mass is 10.0. The molecule has 1 heterocycles. The van der Waals surface area contributed by atoms with Gasteiger partial charge in [-0.3, -0.25) is 0 Å². The predicted molar refractivity (Wildman–Crippen MR) is 41.8 cm³/mol. The first-order valence-corrected chi connectivity index (χ1v) is 4.25. The summed E-state index contributed by atoms with van der Waals surface area (Å²) in [5.74, 6) is 0. The first-order chi connectivity index (χ1) is 4.77. The van der Waals surface area contributed by atoms with E-state index in [-0.39, 0.29) is 0 Å². The highest BCUT2D eigenvalue weighted by Crippen LogP contribution is 2.51. The molecule has 1 spiro atoms. The Morgan fingerprint density at radius 1 is 1.60 bits per heavy atom. The highest BCUT2D eigenvalue weighted by atomic mass is 15.2. The summed E-state index contributed by atoms with van der Waals surface area (Å²) in [6, 6.07) is 0.479. The molecule has 2 heteroatoms. The fourth-order valence-corrected chi connectivity index (χ4v) is 2.03. The smallest absolute Gasteiger partial charge is 0.0237 e. The minimum absolute atomic E-state index is 0.479. The number of nitrogens with zero attached hydrogens (tertiary/aromatic N) is 1. The molecule has 0 aromatic heterocycles. The topological polar surface area (TPSA) is 29.3 Å². The Morgan fingerprint density at radius 2 is 2.30 bits per heavy atom. The molecule has 10 heavy (non-hydrogen) atoms. The van der Waals surface area contributed by atoms with Gasteiger partial charge in [0.05, 0.1) is 0 Å². The maximum atomic E-state index is 6.00. The van der Waals surface area contributed by atoms with Crippen LogP contribution in [0.2, 0.25) is 0 Å². The Kier molecular flexibility index (Phi) is 1.29. The fourth-order valence-electron chi connectivity index (χ4n) is 2.03. The molecule has 0 amide bonds. The zero-order valence-electron chi connectivity index (χ0n) is 6.64. The lowest BCUT2D eigenvalue weighted by Crippen LogP contribution is -2.30. The monoisotopic (exact) mass is 140 g/mol. The van der Waals surface area contributed by atoms with Crippen molar-refractivity contribution in [3.8, 4) is 0 Å². The van der Waals surface area contributed by atoms with Gasteiger partial charge in [0.1, 0.15) is 0 Å². The van der Waals surface area contributed by atoms with Crippen molar-refractivity contribution in [2.45, 2.75) is 25.8 Å². The summed E-state index contributed by atoms with van der Waals surface area (Å²) in [6.07, 6.45) is 2.76. The van der Waals surface area contributed by atoms with Crippen molar-refractivity contribution in [1.82, 2.24) is 4.90 Å². The third-order valence-electron chi connectivity index (χ3n) is 3.12. The largest absolute Gasteiger partial charge is 0.326 e. The maximum absolute atomic E-state index is 6.00. The van der Waals surface area contributed by atoms with Crippen molar-refractivity contribution in [2.24, 2.45) is 11.1 Å². The minimum atomic E-state index is 0.479. The van der Waals surface area contributed by atoms with Gasteiger partial charge in [0, 0.05) is 19.1 Å². The minimum Gasteiger partial charge on any atom is -0.326 e. The van der Waals surface area contributed by atoms with E-state index in [0.29, 0.717) is 11.5 Å². The van der Waals surface area contributed by atoms with Crippen molar-refractivity contribution in [3.63, 3.8) is 0 Å². The van der Waals surface area contributed by atoms with Gasteiger partial charge in [0.2, 0.25) is 0 Å². The molecular weight excluding hydrogens is 124 g/mol. The van der Waals surface area contributed by atoms with Gasteiger partial charge in [-0.2, -0.15) is 0 Å². The molecule has 1 aliphatic carbocycles. The zero-order valence-corrected chi connectivity index (χ0v) is 6.64. The molecule has 2 rings (SSSR count). The van der Waals surface area contributed by atoms with Crippen LogP contribution in [0.25, 0.3) is 0 Å². The Bertz CT molecular complexity index is 140. The predicted octanol–water partition coefficient (Wildman–Crippen LogP) is 0.429.